The van der Waals surface area contributed by atoms with E-state index in [9.17, 15) is 0 Å². The van der Waals surface area contributed by atoms with Crippen molar-refractivity contribution in [1.82, 2.24) is 24.9 Å². The molecule has 0 fully saturated rings. The van der Waals surface area contributed by atoms with Gasteiger partial charge in [0.1, 0.15) is 11.6 Å². The summed E-state index contributed by atoms with van der Waals surface area (Å²) < 4.78 is 0. The van der Waals surface area contributed by atoms with Gasteiger partial charge in [0.15, 0.2) is 5.65 Å². The minimum Gasteiger partial charge on any atom is -0.342 e. The molecule has 1 aromatic carbocycles. The third-order valence-corrected chi connectivity index (χ3v) is 3.36. The summed E-state index contributed by atoms with van der Waals surface area (Å²) in [6.07, 6.45) is 0. The Morgan fingerprint density at radius 2 is 1.45 bits per heavy atom. The van der Waals surface area contributed by atoms with Crippen LogP contribution in [0.2, 0.25) is 0 Å². The predicted molar refractivity (Wildman–Crippen MR) is 88.9 cm³/mol. The largest absolute Gasteiger partial charge is 0.342 e. The van der Waals surface area contributed by atoms with Crippen molar-refractivity contribution in [2.75, 3.05) is 0 Å². The van der Waals surface area contributed by atoms with E-state index in [1.165, 1.54) is 5.56 Å². The van der Waals surface area contributed by atoms with Crippen LogP contribution >= 0.6 is 0 Å². The summed E-state index contributed by atoms with van der Waals surface area (Å²) in [6.45, 7) is 7.94. The van der Waals surface area contributed by atoms with Crippen LogP contribution in [0.5, 0.6) is 0 Å². The first-order chi connectivity index (χ1) is 10.5. The fourth-order valence-electron chi connectivity index (χ4n) is 2.36. The lowest BCUT2D eigenvalue weighted by Gasteiger charge is -1.89. The van der Waals surface area contributed by atoms with Crippen molar-refractivity contribution in [3.05, 3.63) is 53.2 Å². The molecule has 0 unspecified atom stereocenters. The smallest absolute Gasteiger partial charge is 0.177 e. The molecular weight excluding hydrogens is 274 g/mol. The number of nitrogens with zero attached hydrogens (tertiary/aromatic N) is 3. The van der Waals surface area contributed by atoms with Gasteiger partial charge < -0.3 is 9.97 Å². The van der Waals surface area contributed by atoms with Crippen molar-refractivity contribution in [1.29, 1.82) is 0 Å². The van der Waals surface area contributed by atoms with Crippen LogP contribution in [-0.2, 0) is 0 Å². The zero-order chi connectivity index (χ0) is 15.7. The second kappa shape index (κ2) is 5.60. The standard InChI is InChI=1S/C9H10N2.C8H9N3/c1-6-3-4-8-9(5-6)11-7(2)10-8;1-5-3-4-7-8(9-5)11-6(2)10-7/h3-5H,1-2H3,(H,10,11);3-4H,1-2H3,(H,9,10,11). The maximum absolute atomic E-state index is 4.30. The highest BCUT2D eigenvalue weighted by Gasteiger charge is 1.98. The highest BCUT2D eigenvalue weighted by Crippen LogP contribution is 2.12. The first-order valence-electron chi connectivity index (χ1n) is 7.24. The number of aromatic nitrogens is 5. The number of nitrogens with one attached hydrogen (secondary N) is 2. The Bertz CT molecular complexity index is 855. The van der Waals surface area contributed by atoms with Gasteiger partial charge >= 0.3 is 0 Å². The fourth-order valence-corrected chi connectivity index (χ4v) is 2.36. The number of pyridine rings is 1. The van der Waals surface area contributed by atoms with Crippen molar-refractivity contribution >= 4 is 22.2 Å². The van der Waals surface area contributed by atoms with E-state index >= 15 is 0 Å². The van der Waals surface area contributed by atoms with Gasteiger partial charge in [0.25, 0.3) is 0 Å². The quantitative estimate of drug-likeness (QED) is 0.518. The van der Waals surface area contributed by atoms with E-state index in [-0.39, 0.29) is 0 Å². The normalized spacial score (nSPS) is 10.7. The molecule has 4 aromatic rings. The Kier molecular flexibility index (Phi) is 3.63. The van der Waals surface area contributed by atoms with Crippen LogP contribution in [0.15, 0.2) is 30.3 Å². The maximum atomic E-state index is 4.30. The topological polar surface area (TPSA) is 70.2 Å². The van der Waals surface area contributed by atoms with E-state index < -0.39 is 0 Å². The molecule has 5 heteroatoms. The highest BCUT2D eigenvalue weighted by molar-refractivity contribution is 5.75. The molecule has 0 atom stereocenters. The molecule has 0 spiro atoms. The minimum atomic E-state index is 0.808. The van der Waals surface area contributed by atoms with Crippen LogP contribution in [0, 0.1) is 27.7 Å². The molecule has 0 amide bonds. The molecule has 0 aliphatic heterocycles. The lowest BCUT2D eigenvalue weighted by molar-refractivity contribution is 1.15. The van der Waals surface area contributed by atoms with Crippen molar-refractivity contribution in [2.24, 2.45) is 0 Å². The van der Waals surface area contributed by atoms with Crippen LogP contribution < -0.4 is 0 Å². The summed E-state index contributed by atoms with van der Waals surface area (Å²) in [5, 5.41) is 0. The van der Waals surface area contributed by atoms with Crippen molar-refractivity contribution in [2.45, 2.75) is 27.7 Å². The molecule has 3 aromatic heterocycles. The van der Waals surface area contributed by atoms with Crippen LogP contribution in [0.25, 0.3) is 22.2 Å². The third kappa shape index (κ3) is 2.98. The van der Waals surface area contributed by atoms with E-state index in [0.717, 1.165) is 39.5 Å². The van der Waals surface area contributed by atoms with Gasteiger partial charge in [-0.3, -0.25) is 0 Å². The number of H-pyrrole nitrogens is 2. The van der Waals surface area contributed by atoms with Gasteiger partial charge in [-0.1, -0.05) is 6.07 Å². The number of rotatable bonds is 0. The van der Waals surface area contributed by atoms with E-state index in [1.54, 1.807) is 0 Å². The van der Waals surface area contributed by atoms with Crippen molar-refractivity contribution < 1.29 is 0 Å². The average molecular weight is 293 g/mol. The lowest BCUT2D eigenvalue weighted by Crippen LogP contribution is -1.80. The highest BCUT2D eigenvalue weighted by atomic mass is 15.0. The van der Waals surface area contributed by atoms with Crippen LogP contribution in [0.4, 0.5) is 0 Å². The van der Waals surface area contributed by atoms with Crippen molar-refractivity contribution in [3.63, 3.8) is 0 Å². The van der Waals surface area contributed by atoms with E-state index in [1.807, 2.05) is 39.0 Å². The predicted octanol–water partition coefficient (Wildman–Crippen LogP) is 3.75. The zero-order valence-corrected chi connectivity index (χ0v) is 13.2. The van der Waals surface area contributed by atoms with Crippen LogP contribution in [0.3, 0.4) is 0 Å². The second-order valence-electron chi connectivity index (χ2n) is 5.49. The van der Waals surface area contributed by atoms with E-state index in [2.05, 4.69) is 44.0 Å². The Hall–Kier alpha value is -2.69. The first kappa shape index (κ1) is 14.3. The van der Waals surface area contributed by atoms with Gasteiger partial charge in [0.2, 0.25) is 0 Å². The molecule has 0 saturated carbocycles. The number of benzene rings is 1. The van der Waals surface area contributed by atoms with Crippen molar-refractivity contribution in [3.8, 4) is 0 Å². The molecule has 0 radical (unpaired) electrons. The summed E-state index contributed by atoms with van der Waals surface area (Å²) >= 11 is 0. The second-order valence-corrected chi connectivity index (χ2v) is 5.49. The van der Waals surface area contributed by atoms with Crippen LogP contribution in [0.1, 0.15) is 22.9 Å². The van der Waals surface area contributed by atoms with E-state index in [0.29, 0.717) is 0 Å². The molecule has 4 rings (SSSR count). The maximum Gasteiger partial charge on any atom is 0.177 e. The van der Waals surface area contributed by atoms with Crippen LogP contribution in [-0.4, -0.2) is 24.9 Å². The summed E-state index contributed by atoms with van der Waals surface area (Å²) in [5.41, 5.74) is 6.26. The molecule has 112 valence electrons. The zero-order valence-electron chi connectivity index (χ0n) is 13.2. The van der Waals surface area contributed by atoms with Gasteiger partial charge in [-0.05, 0) is 57.5 Å². The lowest BCUT2D eigenvalue weighted by atomic mass is 10.2. The number of imidazole rings is 2. The Morgan fingerprint density at radius 1 is 0.727 bits per heavy atom. The number of aromatic amines is 2. The molecule has 2 N–H and O–H groups in total. The Balaban J connectivity index is 0.000000131. The van der Waals surface area contributed by atoms with Gasteiger partial charge in [-0.15, -0.1) is 0 Å². The molecule has 0 aliphatic rings. The molecule has 0 bridgehead atoms. The SMILES string of the molecule is Cc1ccc2[nH]c(C)nc2n1.Cc1ccc2nc(C)[nH]c2c1. The number of fused-ring (bicyclic) bond motifs is 2. The van der Waals surface area contributed by atoms with Gasteiger partial charge in [0.05, 0.1) is 16.6 Å². The molecule has 5 nitrogen and oxygen atoms in total. The molecular formula is C17H19N5. The summed E-state index contributed by atoms with van der Waals surface area (Å²) in [4.78, 5) is 19.1. The number of hydrogen-bond acceptors (Lipinski definition) is 3. The fraction of sp³-hybridized carbons (Fsp3) is 0.235. The molecule has 0 saturated heterocycles. The van der Waals surface area contributed by atoms with Gasteiger partial charge in [-0.2, -0.15) is 0 Å². The Morgan fingerprint density at radius 3 is 2.27 bits per heavy atom. The monoisotopic (exact) mass is 293 g/mol. The van der Waals surface area contributed by atoms with Gasteiger partial charge in [-0.25, -0.2) is 15.0 Å². The summed E-state index contributed by atoms with van der Waals surface area (Å²) in [5.74, 6) is 1.89. The first-order valence-corrected chi connectivity index (χ1v) is 7.24. The molecule has 3 heterocycles. The Labute approximate surface area is 128 Å². The van der Waals surface area contributed by atoms with Gasteiger partial charge in [0, 0.05) is 5.69 Å². The third-order valence-electron chi connectivity index (χ3n) is 3.36. The average Bonchev–Trinajstić information content (AvgIpc) is 2.99. The van der Waals surface area contributed by atoms with E-state index in [4.69, 9.17) is 0 Å². The number of aryl methyl sites for hydroxylation is 4. The number of hydrogen-bond donors (Lipinski definition) is 2. The minimum absolute atomic E-state index is 0.808. The summed E-state index contributed by atoms with van der Waals surface area (Å²) in [7, 11) is 0. The summed E-state index contributed by atoms with van der Waals surface area (Å²) in [6, 6.07) is 10.2. The molecule has 22 heavy (non-hydrogen) atoms. The molecule has 0 aliphatic carbocycles.